The summed E-state index contributed by atoms with van der Waals surface area (Å²) in [5, 5.41) is 4.40. The van der Waals surface area contributed by atoms with E-state index < -0.39 is 7.26 Å². The molecule has 0 heterocycles. The van der Waals surface area contributed by atoms with Gasteiger partial charge in [0.1, 0.15) is 23.2 Å². The lowest BCUT2D eigenvalue weighted by molar-refractivity contribution is 0.577. The first kappa shape index (κ1) is 24.5. The fraction of sp³-hybridized carbons (Fsp3) is 0.355. The summed E-state index contributed by atoms with van der Waals surface area (Å²) in [7, 11) is -1.72. The van der Waals surface area contributed by atoms with Gasteiger partial charge in [0.2, 0.25) is 0 Å². The summed E-state index contributed by atoms with van der Waals surface area (Å²) in [6.07, 6.45) is 18.3. The first-order valence-corrected chi connectivity index (χ1v) is 14.6. The highest BCUT2D eigenvalue weighted by molar-refractivity contribution is 7.95. The van der Waals surface area contributed by atoms with Crippen LogP contribution >= 0.6 is 7.26 Å². The van der Waals surface area contributed by atoms with Gasteiger partial charge in [0, 0.05) is 0 Å². The molecule has 0 bridgehead atoms. The van der Waals surface area contributed by atoms with Gasteiger partial charge in [-0.3, -0.25) is 0 Å². The van der Waals surface area contributed by atoms with E-state index in [4.69, 9.17) is 0 Å². The van der Waals surface area contributed by atoms with Gasteiger partial charge in [0.25, 0.3) is 0 Å². The van der Waals surface area contributed by atoms with Crippen LogP contribution in [0.2, 0.25) is 0 Å². The maximum Gasteiger partial charge on any atom is 0.115 e. The van der Waals surface area contributed by atoms with Crippen LogP contribution in [0.4, 0.5) is 0 Å². The molecule has 168 valence electrons. The van der Waals surface area contributed by atoms with Gasteiger partial charge in [0.15, 0.2) is 0 Å². The van der Waals surface area contributed by atoms with Crippen molar-refractivity contribution in [3.8, 4) is 0 Å². The van der Waals surface area contributed by atoms with E-state index in [9.17, 15) is 0 Å². The van der Waals surface area contributed by atoms with E-state index in [0.29, 0.717) is 0 Å². The minimum absolute atomic E-state index is 1.09. The number of benzene rings is 3. The van der Waals surface area contributed by atoms with Gasteiger partial charge < -0.3 is 0 Å². The lowest BCUT2D eigenvalue weighted by Gasteiger charge is -2.26. The van der Waals surface area contributed by atoms with Gasteiger partial charge >= 0.3 is 0 Å². The third-order valence-corrected chi connectivity index (χ3v) is 10.7. The molecule has 0 radical (unpaired) electrons. The highest BCUT2D eigenvalue weighted by atomic mass is 31.2. The molecule has 3 aromatic carbocycles. The minimum atomic E-state index is -1.72. The third-order valence-electron chi connectivity index (χ3n) is 6.36. The summed E-state index contributed by atoms with van der Waals surface area (Å²) in [5.74, 6) is 0. The zero-order chi connectivity index (χ0) is 22.3. The first-order chi connectivity index (χ1) is 15.9. The number of rotatable bonds is 14. The van der Waals surface area contributed by atoms with Crippen LogP contribution in [-0.4, -0.2) is 6.16 Å². The molecule has 0 aromatic heterocycles. The smallest absolute Gasteiger partial charge is 0.0849 e. The van der Waals surface area contributed by atoms with Crippen LogP contribution in [0.25, 0.3) is 0 Å². The summed E-state index contributed by atoms with van der Waals surface area (Å²) in [6, 6.07) is 33.6. The van der Waals surface area contributed by atoms with Crippen LogP contribution in [0.15, 0.2) is 103 Å². The molecule has 0 amide bonds. The predicted octanol–water partition coefficient (Wildman–Crippen LogP) is 8.07. The average Bonchev–Trinajstić information content (AvgIpc) is 2.87. The highest BCUT2D eigenvalue weighted by Crippen LogP contribution is 2.55. The van der Waals surface area contributed by atoms with Gasteiger partial charge in [-0.15, -0.1) is 0 Å². The monoisotopic (exact) mass is 443 g/mol. The standard InChI is InChI=1S/C31H40P/c1-2-3-4-5-6-7-8-9-10-11-21-28-32(29-22-15-12-16-23-29,30-24-17-13-18-25-30)31-26-19-14-20-27-31/h11-27H,2-10,28H2,1H3/q+1/b21-11+. The molecule has 0 N–H and O–H groups in total. The Labute approximate surface area is 197 Å². The van der Waals surface area contributed by atoms with Crippen molar-refractivity contribution >= 4 is 23.2 Å². The predicted molar refractivity (Wildman–Crippen MR) is 146 cm³/mol. The zero-order valence-electron chi connectivity index (χ0n) is 19.8. The average molecular weight is 444 g/mol. The van der Waals surface area contributed by atoms with E-state index >= 15 is 0 Å². The van der Waals surface area contributed by atoms with Crippen LogP contribution in [0.3, 0.4) is 0 Å². The first-order valence-electron chi connectivity index (χ1n) is 12.6. The second-order valence-electron chi connectivity index (χ2n) is 8.73. The normalized spacial score (nSPS) is 11.8. The lowest BCUT2D eigenvalue weighted by atomic mass is 10.1. The van der Waals surface area contributed by atoms with Gasteiger partial charge in [-0.05, 0) is 49.2 Å². The second kappa shape index (κ2) is 14.1. The largest absolute Gasteiger partial charge is 0.115 e. The summed E-state index contributed by atoms with van der Waals surface area (Å²) >= 11 is 0. The van der Waals surface area contributed by atoms with E-state index in [2.05, 4.69) is 110 Å². The summed E-state index contributed by atoms with van der Waals surface area (Å²) in [6.45, 7) is 2.29. The molecular formula is C31H40P+. The Balaban J connectivity index is 1.71. The molecule has 3 aromatic rings. The van der Waals surface area contributed by atoms with Gasteiger partial charge in [-0.2, -0.15) is 0 Å². The lowest BCUT2D eigenvalue weighted by Crippen LogP contribution is -2.32. The Bertz CT molecular complexity index is 787. The van der Waals surface area contributed by atoms with Crippen molar-refractivity contribution in [2.45, 2.75) is 64.7 Å². The third kappa shape index (κ3) is 6.91. The van der Waals surface area contributed by atoms with Crippen molar-refractivity contribution < 1.29 is 0 Å². The fourth-order valence-electron chi connectivity index (χ4n) is 4.56. The Morgan fingerprint density at radius 3 is 1.34 bits per heavy atom. The van der Waals surface area contributed by atoms with Crippen LogP contribution < -0.4 is 15.9 Å². The molecule has 0 saturated heterocycles. The molecule has 0 nitrogen and oxygen atoms in total. The van der Waals surface area contributed by atoms with E-state index in [1.165, 1.54) is 73.7 Å². The van der Waals surface area contributed by atoms with Crippen LogP contribution in [0, 0.1) is 0 Å². The Morgan fingerprint density at radius 1 is 0.500 bits per heavy atom. The summed E-state index contributed by atoms with van der Waals surface area (Å²) in [4.78, 5) is 0. The molecule has 0 saturated carbocycles. The van der Waals surface area contributed by atoms with Crippen molar-refractivity contribution in [2.75, 3.05) is 6.16 Å². The number of hydrogen-bond donors (Lipinski definition) is 0. The number of hydrogen-bond acceptors (Lipinski definition) is 0. The molecule has 0 fully saturated rings. The molecule has 3 rings (SSSR count). The van der Waals surface area contributed by atoms with E-state index in [-0.39, 0.29) is 0 Å². The van der Waals surface area contributed by atoms with E-state index in [0.717, 1.165) is 6.16 Å². The molecule has 0 aliphatic heterocycles. The van der Waals surface area contributed by atoms with E-state index in [1.54, 1.807) is 0 Å². The van der Waals surface area contributed by atoms with Crippen LogP contribution in [0.5, 0.6) is 0 Å². The summed E-state index contributed by atoms with van der Waals surface area (Å²) < 4.78 is 0. The SMILES string of the molecule is CCCCCCCCCC/C=C/C[P+](c1ccccc1)(c1ccccc1)c1ccccc1. The molecule has 0 spiro atoms. The molecule has 0 unspecified atom stereocenters. The van der Waals surface area contributed by atoms with Crippen molar-refractivity contribution in [1.29, 1.82) is 0 Å². The summed E-state index contributed by atoms with van der Waals surface area (Å²) in [5.41, 5.74) is 0. The molecule has 0 aliphatic rings. The molecule has 32 heavy (non-hydrogen) atoms. The highest BCUT2D eigenvalue weighted by Gasteiger charge is 2.43. The maximum atomic E-state index is 2.47. The van der Waals surface area contributed by atoms with Gasteiger partial charge in [-0.25, -0.2) is 0 Å². The Morgan fingerprint density at radius 2 is 0.906 bits per heavy atom. The molecule has 0 aliphatic carbocycles. The topological polar surface area (TPSA) is 0 Å². The Hall–Kier alpha value is -2.17. The van der Waals surface area contributed by atoms with Crippen molar-refractivity contribution in [3.05, 3.63) is 103 Å². The molecule has 1 heteroatoms. The van der Waals surface area contributed by atoms with Gasteiger partial charge in [-0.1, -0.05) is 119 Å². The molecule has 0 atom stereocenters. The van der Waals surface area contributed by atoms with E-state index in [1.807, 2.05) is 0 Å². The Kier molecular flexibility index (Phi) is 10.8. The van der Waals surface area contributed by atoms with Crippen molar-refractivity contribution in [2.24, 2.45) is 0 Å². The molecular weight excluding hydrogens is 403 g/mol. The van der Waals surface area contributed by atoms with Crippen LogP contribution in [-0.2, 0) is 0 Å². The van der Waals surface area contributed by atoms with Gasteiger partial charge in [0.05, 0.1) is 6.16 Å². The fourth-order valence-corrected chi connectivity index (χ4v) is 8.59. The number of allylic oxidation sites excluding steroid dienone is 2. The van der Waals surface area contributed by atoms with Crippen molar-refractivity contribution in [3.63, 3.8) is 0 Å². The maximum absolute atomic E-state index is 2.47. The van der Waals surface area contributed by atoms with Crippen molar-refractivity contribution in [1.82, 2.24) is 0 Å². The van der Waals surface area contributed by atoms with Crippen LogP contribution in [0.1, 0.15) is 64.7 Å². The number of unbranched alkanes of at least 4 members (excludes halogenated alkanes) is 8. The second-order valence-corrected chi connectivity index (χ2v) is 12.3. The quantitative estimate of drug-likeness (QED) is 0.134. The zero-order valence-corrected chi connectivity index (χ0v) is 20.7. The minimum Gasteiger partial charge on any atom is -0.0849 e.